The third-order valence-electron chi connectivity index (χ3n) is 5.70. The van der Waals surface area contributed by atoms with Crippen molar-refractivity contribution in [1.82, 2.24) is 15.2 Å². The van der Waals surface area contributed by atoms with E-state index in [9.17, 15) is 4.79 Å². The summed E-state index contributed by atoms with van der Waals surface area (Å²) < 4.78 is 0. The Bertz CT molecular complexity index is 1010. The predicted octanol–water partition coefficient (Wildman–Crippen LogP) is 4.37. The molecular weight excluding hydrogens is 404 g/mol. The standard InChI is InChI=1S/C25H30N4OS/c1-19-8-6-11-22(18-19)29-16-14-28(15-17-29)13-7-12-26-24(30)23-20(2)27-25(31-23)21-9-4-3-5-10-21/h3-6,8-11,18H,7,12-17H2,1-2H3,(H,26,30). The summed E-state index contributed by atoms with van der Waals surface area (Å²) in [5.41, 5.74) is 4.48. The highest BCUT2D eigenvalue weighted by atomic mass is 32.1. The van der Waals surface area contributed by atoms with Crippen molar-refractivity contribution in [3.8, 4) is 10.6 Å². The van der Waals surface area contributed by atoms with Gasteiger partial charge in [0.05, 0.1) is 5.69 Å². The van der Waals surface area contributed by atoms with E-state index < -0.39 is 0 Å². The molecule has 0 radical (unpaired) electrons. The van der Waals surface area contributed by atoms with Gasteiger partial charge in [-0.25, -0.2) is 4.98 Å². The SMILES string of the molecule is Cc1cccc(N2CCN(CCCNC(=O)c3sc(-c4ccccc4)nc3C)CC2)c1. The van der Waals surface area contributed by atoms with Crippen molar-refractivity contribution >= 4 is 22.9 Å². The Morgan fingerprint density at radius 2 is 1.81 bits per heavy atom. The van der Waals surface area contributed by atoms with E-state index in [-0.39, 0.29) is 5.91 Å². The first-order valence-electron chi connectivity index (χ1n) is 10.9. The molecule has 1 aromatic heterocycles. The maximum Gasteiger partial charge on any atom is 0.263 e. The second-order valence-electron chi connectivity index (χ2n) is 8.08. The van der Waals surface area contributed by atoms with Crippen LogP contribution in [0.2, 0.25) is 0 Å². The molecule has 0 spiro atoms. The van der Waals surface area contributed by atoms with E-state index in [0.717, 1.165) is 55.4 Å². The largest absolute Gasteiger partial charge is 0.369 e. The summed E-state index contributed by atoms with van der Waals surface area (Å²) in [6, 6.07) is 18.8. The summed E-state index contributed by atoms with van der Waals surface area (Å²) in [5, 5.41) is 3.98. The second kappa shape index (κ2) is 10.1. The van der Waals surface area contributed by atoms with Crippen LogP contribution in [0.15, 0.2) is 54.6 Å². The van der Waals surface area contributed by atoms with Gasteiger partial charge in [-0.2, -0.15) is 0 Å². The van der Waals surface area contributed by atoms with Gasteiger partial charge in [0.2, 0.25) is 0 Å². The zero-order valence-corrected chi connectivity index (χ0v) is 19.1. The average molecular weight is 435 g/mol. The van der Waals surface area contributed by atoms with Gasteiger partial charge in [0.25, 0.3) is 5.91 Å². The van der Waals surface area contributed by atoms with E-state index in [2.05, 4.69) is 51.3 Å². The van der Waals surface area contributed by atoms with Crippen molar-refractivity contribution < 1.29 is 4.79 Å². The number of hydrogen-bond acceptors (Lipinski definition) is 5. The van der Waals surface area contributed by atoms with Gasteiger partial charge in [-0.05, 0) is 44.5 Å². The molecule has 3 aromatic rings. The maximum atomic E-state index is 12.6. The molecule has 0 unspecified atom stereocenters. The predicted molar refractivity (Wildman–Crippen MR) is 129 cm³/mol. The van der Waals surface area contributed by atoms with Gasteiger partial charge in [0.15, 0.2) is 0 Å². The van der Waals surface area contributed by atoms with Gasteiger partial charge in [-0.15, -0.1) is 11.3 Å². The summed E-state index contributed by atoms with van der Waals surface area (Å²) in [4.78, 5) is 22.9. The molecule has 1 amide bonds. The molecule has 0 aliphatic carbocycles. The van der Waals surface area contributed by atoms with Gasteiger partial charge in [-0.3, -0.25) is 9.69 Å². The molecule has 1 fully saturated rings. The van der Waals surface area contributed by atoms with E-state index in [4.69, 9.17) is 0 Å². The first-order valence-corrected chi connectivity index (χ1v) is 11.8. The van der Waals surface area contributed by atoms with Crippen molar-refractivity contribution in [3.05, 3.63) is 70.7 Å². The van der Waals surface area contributed by atoms with Crippen LogP contribution in [-0.4, -0.2) is 55.1 Å². The Morgan fingerprint density at radius 3 is 2.55 bits per heavy atom. The number of hydrogen-bond donors (Lipinski definition) is 1. The number of piperazine rings is 1. The third kappa shape index (κ3) is 5.51. The highest BCUT2D eigenvalue weighted by Gasteiger charge is 2.18. The number of thiazole rings is 1. The minimum atomic E-state index is -0.0125. The third-order valence-corrected chi connectivity index (χ3v) is 6.90. The van der Waals surface area contributed by atoms with E-state index in [1.165, 1.54) is 22.6 Å². The number of carbonyl (C=O) groups excluding carboxylic acids is 1. The number of aryl methyl sites for hydroxylation is 2. The smallest absolute Gasteiger partial charge is 0.263 e. The zero-order chi connectivity index (χ0) is 21.6. The fraction of sp³-hybridized carbons (Fsp3) is 0.360. The summed E-state index contributed by atoms with van der Waals surface area (Å²) in [6.07, 6.45) is 0.958. The topological polar surface area (TPSA) is 48.5 Å². The van der Waals surface area contributed by atoms with Crippen LogP contribution >= 0.6 is 11.3 Å². The molecule has 2 aromatic carbocycles. The summed E-state index contributed by atoms with van der Waals surface area (Å²) >= 11 is 1.47. The highest BCUT2D eigenvalue weighted by molar-refractivity contribution is 7.17. The van der Waals surface area contributed by atoms with Crippen molar-refractivity contribution in [2.24, 2.45) is 0 Å². The lowest BCUT2D eigenvalue weighted by molar-refractivity contribution is 0.0954. The van der Waals surface area contributed by atoms with E-state index in [1.54, 1.807) is 0 Å². The number of amides is 1. The summed E-state index contributed by atoms with van der Waals surface area (Å²) in [5.74, 6) is -0.0125. The Balaban J connectivity index is 1.20. The lowest BCUT2D eigenvalue weighted by atomic mass is 10.2. The van der Waals surface area contributed by atoms with Crippen molar-refractivity contribution in [2.45, 2.75) is 20.3 Å². The molecule has 1 aliphatic heterocycles. The average Bonchev–Trinajstić information content (AvgIpc) is 3.19. The molecule has 0 atom stereocenters. The molecule has 1 saturated heterocycles. The monoisotopic (exact) mass is 434 g/mol. The second-order valence-corrected chi connectivity index (χ2v) is 9.08. The van der Waals surface area contributed by atoms with Crippen LogP contribution in [0.5, 0.6) is 0 Å². The highest BCUT2D eigenvalue weighted by Crippen LogP contribution is 2.27. The fourth-order valence-corrected chi connectivity index (χ4v) is 4.94. The molecule has 162 valence electrons. The lowest BCUT2D eigenvalue weighted by Gasteiger charge is -2.36. The van der Waals surface area contributed by atoms with Crippen molar-refractivity contribution in [3.63, 3.8) is 0 Å². The fourth-order valence-electron chi connectivity index (χ4n) is 3.95. The molecule has 0 saturated carbocycles. The lowest BCUT2D eigenvalue weighted by Crippen LogP contribution is -2.47. The molecule has 1 aliphatic rings. The Hall–Kier alpha value is -2.70. The van der Waals surface area contributed by atoms with Gasteiger partial charge in [0.1, 0.15) is 9.88 Å². The Labute approximate surface area is 188 Å². The number of rotatable bonds is 7. The number of carbonyl (C=O) groups is 1. The quantitative estimate of drug-likeness (QED) is 0.561. The number of anilines is 1. The van der Waals surface area contributed by atoms with Crippen LogP contribution in [0.1, 0.15) is 27.3 Å². The van der Waals surface area contributed by atoms with E-state index >= 15 is 0 Å². The molecule has 6 heteroatoms. The molecule has 0 bridgehead atoms. The van der Waals surface area contributed by atoms with Crippen LogP contribution in [0.4, 0.5) is 5.69 Å². The number of nitrogens with zero attached hydrogens (tertiary/aromatic N) is 3. The van der Waals surface area contributed by atoms with Gasteiger partial charge in [0, 0.05) is 44.0 Å². The van der Waals surface area contributed by atoms with Gasteiger partial charge >= 0.3 is 0 Å². The van der Waals surface area contributed by atoms with E-state index in [1.807, 2.05) is 37.3 Å². The van der Waals surface area contributed by atoms with Crippen molar-refractivity contribution in [1.29, 1.82) is 0 Å². The molecule has 1 N–H and O–H groups in total. The number of aromatic nitrogens is 1. The Kier molecular flexibility index (Phi) is 6.99. The van der Waals surface area contributed by atoms with Crippen LogP contribution in [0, 0.1) is 13.8 Å². The number of nitrogens with one attached hydrogen (secondary N) is 1. The zero-order valence-electron chi connectivity index (χ0n) is 18.3. The molecule has 4 rings (SSSR count). The van der Waals surface area contributed by atoms with Crippen LogP contribution in [-0.2, 0) is 0 Å². The molecule has 2 heterocycles. The number of benzene rings is 2. The minimum absolute atomic E-state index is 0.0125. The van der Waals surface area contributed by atoms with Crippen LogP contribution in [0.3, 0.4) is 0 Å². The minimum Gasteiger partial charge on any atom is -0.369 e. The summed E-state index contributed by atoms with van der Waals surface area (Å²) in [6.45, 7) is 9.99. The first-order chi connectivity index (χ1) is 15.1. The first kappa shape index (κ1) is 21.5. The van der Waals surface area contributed by atoms with E-state index in [0.29, 0.717) is 11.4 Å². The van der Waals surface area contributed by atoms with Gasteiger partial charge < -0.3 is 10.2 Å². The molecular formula is C25H30N4OS. The normalized spacial score (nSPS) is 14.6. The van der Waals surface area contributed by atoms with Crippen molar-refractivity contribution in [2.75, 3.05) is 44.2 Å². The molecule has 31 heavy (non-hydrogen) atoms. The maximum absolute atomic E-state index is 12.6. The van der Waals surface area contributed by atoms with Crippen LogP contribution < -0.4 is 10.2 Å². The Morgan fingerprint density at radius 1 is 1.03 bits per heavy atom. The van der Waals surface area contributed by atoms with Crippen LogP contribution in [0.25, 0.3) is 10.6 Å². The van der Waals surface area contributed by atoms with Gasteiger partial charge in [-0.1, -0.05) is 42.5 Å². The molecule has 5 nitrogen and oxygen atoms in total. The summed E-state index contributed by atoms with van der Waals surface area (Å²) in [7, 11) is 0.